The van der Waals surface area contributed by atoms with Crippen LogP contribution in [0.5, 0.6) is 11.5 Å². The molecular formula is C31H46N2O2. The molecule has 4 rings (SSSR count). The number of rotatable bonds is 8. The van der Waals surface area contributed by atoms with E-state index in [9.17, 15) is 0 Å². The first kappa shape index (κ1) is 26.0. The molecule has 0 saturated carbocycles. The van der Waals surface area contributed by atoms with E-state index in [4.69, 9.17) is 9.47 Å². The van der Waals surface area contributed by atoms with E-state index in [2.05, 4.69) is 89.5 Å². The van der Waals surface area contributed by atoms with Gasteiger partial charge in [0.2, 0.25) is 0 Å². The van der Waals surface area contributed by atoms with E-state index in [-0.39, 0.29) is 0 Å². The summed E-state index contributed by atoms with van der Waals surface area (Å²) < 4.78 is 13.0. The predicted octanol–water partition coefficient (Wildman–Crippen LogP) is 6.23. The summed E-state index contributed by atoms with van der Waals surface area (Å²) in [6.07, 6.45) is 3.75. The second-order valence-corrected chi connectivity index (χ2v) is 11.5. The Morgan fingerprint density at radius 1 is 0.657 bits per heavy atom. The van der Waals surface area contributed by atoms with Crippen LogP contribution in [0.15, 0.2) is 24.3 Å². The van der Waals surface area contributed by atoms with Gasteiger partial charge in [0.15, 0.2) is 0 Å². The maximum Gasteiger partial charge on any atom is 0.125 e. The van der Waals surface area contributed by atoms with Gasteiger partial charge in [-0.2, -0.15) is 0 Å². The molecule has 0 N–H and O–H groups in total. The predicted molar refractivity (Wildman–Crippen MR) is 146 cm³/mol. The lowest BCUT2D eigenvalue weighted by molar-refractivity contribution is 0.185. The van der Waals surface area contributed by atoms with Crippen LogP contribution in [0, 0.1) is 27.7 Å². The van der Waals surface area contributed by atoms with Gasteiger partial charge in [0.25, 0.3) is 0 Å². The van der Waals surface area contributed by atoms with Crippen molar-refractivity contribution in [2.24, 2.45) is 0 Å². The molecule has 2 fully saturated rings. The Hall–Kier alpha value is -2.04. The average Bonchev–Trinajstić information content (AvgIpc) is 3.43. The Bertz CT molecular complexity index is 901. The van der Waals surface area contributed by atoms with Crippen LogP contribution in [0.25, 0.3) is 0 Å². The van der Waals surface area contributed by atoms with E-state index in [1.807, 2.05) is 0 Å². The second kappa shape index (κ2) is 10.9. The SMILES string of the molecule is Cc1cc(Cc2cc(C)c(OC3CCN(C(C)C)C3)c(C)c2)cc(C)c1OC1CCN(C(C)C)C1. The van der Waals surface area contributed by atoms with Gasteiger partial charge >= 0.3 is 0 Å². The van der Waals surface area contributed by atoms with Crippen molar-refractivity contribution in [2.45, 2.75) is 98.9 Å². The molecule has 2 unspecified atom stereocenters. The quantitative estimate of drug-likeness (QED) is 0.449. The van der Waals surface area contributed by atoms with Crippen LogP contribution in [0.3, 0.4) is 0 Å². The van der Waals surface area contributed by atoms with Gasteiger partial charge in [0.1, 0.15) is 23.7 Å². The van der Waals surface area contributed by atoms with Gasteiger partial charge < -0.3 is 9.47 Å². The molecule has 0 aromatic heterocycles. The zero-order valence-electron chi connectivity index (χ0n) is 23.3. The first-order valence-corrected chi connectivity index (χ1v) is 13.6. The number of hydrogen-bond acceptors (Lipinski definition) is 4. The number of benzene rings is 2. The molecule has 2 aromatic carbocycles. The zero-order chi connectivity index (χ0) is 25.3. The van der Waals surface area contributed by atoms with Crippen molar-refractivity contribution in [1.82, 2.24) is 9.80 Å². The van der Waals surface area contributed by atoms with Crippen molar-refractivity contribution < 1.29 is 9.47 Å². The van der Waals surface area contributed by atoms with Crippen LogP contribution in [0.1, 0.15) is 73.9 Å². The lowest BCUT2D eigenvalue weighted by Crippen LogP contribution is -2.30. The van der Waals surface area contributed by atoms with Crippen molar-refractivity contribution in [2.75, 3.05) is 26.2 Å². The maximum atomic E-state index is 6.50. The fourth-order valence-corrected chi connectivity index (χ4v) is 5.86. The molecular weight excluding hydrogens is 432 g/mol. The van der Waals surface area contributed by atoms with Crippen molar-refractivity contribution >= 4 is 0 Å². The highest BCUT2D eigenvalue weighted by Crippen LogP contribution is 2.32. The molecule has 4 heteroatoms. The molecule has 2 saturated heterocycles. The minimum atomic E-state index is 0.297. The van der Waals surface area contributed by atoms with Crippen molar-refractivity contribution in [1.29, 1.82) is 0 Å². The van der Waals surface area contributed by atoms with E-state index >= 15 is 0 Å². The van der Waals surface area contributed by atoms with Crippen LogP contribution >= 0.6 is 0 Å². The van der Waals surface area contributed by atoms with Crippen LogP contribution in [0.4, 0.5) is 0 Å². The third-order valence-electron chi connectivity index (χ3n) is 7.83. The topological polar surface area (TPSA) is 24.9 Å². The van der Waals surface area contributed by atoms with E-state index in [1.54, 1.807) is 0 Å². The van der Waals surface area contributed by atoms with Crippen molar-refractivity contribution in [3.8, 4) is 11.5 Å². The monoisotopic (exact) mass is 478 g/mol. The first-order chi connectivity index (χ1) is 16.6. The van der Waals surface area contributed by atoms with E-state index in [1.165, 1.54) is 33.4 Å². The normalized spacial score (nSPS) is 21.4. The molecule has 192 valence electrons. The Labute approximate surface area is 213 Å². The fourth-order valence-electron chi connectivity index (χ4n) is 5.86. The minimum absolute atomic E-state index is 0.297. The van der Waals surface area contributed by atoms with Crippen LogP contribution in [-0.4, -0.2) is 60.3 Å². The molecule has 2 aliphatic heterocycles. The lowest BCUT2D eigenvalue weighted by Gasteiger charge is -2.22. The highest BCUT2D eigenvalue weighted by atomic mass is 16.5. The smallest absolute Gasteiger partial charge is 0.125 e. The summed E-state index contributed by atoms with van der Waals surface area (Å²) in [5, 5.41) is 0. The van der Waals surface area contributed by atoms with Gasteiger partial charge in [-0.3, -0.25) is 9.80 Å². The summed E-state index contributed by atoms with van der Waals surface area (Å²) >= 11 is 0. The minimum Gasteiger partial charge on any atom is -0.488 e. The molecule has 2 aliphatic rings. The summed E-state index contributed by atoms with van der Waals surface area (Å²) in [6, 6.07) is 10.4. The number of hydrogen-bond donors (Lipinski definition) is 0. The molecule has 0 bridgehead atoms. The van der Waals surface area contributed by atoms with Gasteiger partial charge in [-0.15, -0.1) is 0 Å². The third kappa shape index (κ3) is 6.21. The number of nitrogens with zero attached hydrogens (tertiary/aromatic N) is 2. The van der Waals surface area contributed by atoms with Crippen LogP contribution < -0.4 is 9.47 Å². The molecule has 2 heterocycles. The molecule has 4 nitrogen and oxygen atoms in total. The molecule has 35 heavy (non-hydrogen) atoms. The summed E-state index contributed by atoms with van der Waals surface area (Å²) in [5.74, 6) is 2.15. The summed E-state index contributed by atoms with van der Waals surface area (Å²) in [4.78, 5) is 5.02. The average molecular weight is 479 g/mol. The summed E-state index contributed by atoms with van der Waals surface area (Å²) in [6.45, 7) is 22.2. The Morgan fingerprint density at radius 3 is 1.29 bits per heavy atom. The van der Waals surface area contributed by atoms with Gasteiger partial charge in [-0.25, -0.2) is 0 Å². The summed E-state index contributed by atoms with van der Waals surface area (Å²) in [7, 11) is 0. The first-order valence-electron chi connectivity index (χ1n) is 13.6. The third-order valence-corrected chi connectivity index (χ3v) is 7.83. The van der Waals surface area contributed by atoms with Gasteiger partial charge in [0.05, 0.1) is 0 Å². The molecule has 0 spiro atoms. The molecule has 0 aliphatic carbocycles. The van der Waals surface area contributed by atoms with Crippen LogP contribution in [-0.2, 0) is 6.42 Å². The Morgan fingerprint density at radius 2 is 1.00 bits per heavy atom. The van der Waals surface area contributed by atoms with Gasteiger partial charge in [-0.05, 0) is 108 Å². The molecule has 0 radical (unpaired) electrons. The summed E-state index contributed by atoms with van der Waals surface area (Å²) in [5.41, 5.74) is 7.66. The van der Waals surface area contributed by atoms with E-state index in [0.717, 1.165) is 56.9 Å². The van der Waals surface area contributed by atoms with Crippen molar-refractivity contribution in [3.05, 3.63) is 57.6 Å². The molecule has 0 amide bonds. The van der Waals surface area contributed by atoms with Crippen LogP contribution in [0.2, 0.25) is 0 Å². The molecule has 2 atom stereocenters. The van der Waals surface area contributed by atoms with Crippen molar-refractivity contribution in [3.63, 3.8) is 0 Å². The zero-order valence-corrected chi connectivity index (χ0v) is 23.3. The van der Waals surface area contributed by atoms with E-state index in [0.29, 0.717) is 24.3 Å². The largest absolute Gasteiger partial charge is 0.488 e. The Balaban J connectivity index is 1.42. The number of aryl methyl sites for hydroxylation is 4. The number of likely N-dealkylation sites (tertiary alicyclic amines) is 2. The van der Waals surface area contributed by atoms with Gasteiger partial charge in [0, 0.05) is 38.3 Å². The van der Waals surface area contributed by atoms with Gasteiger partial charge in [-0.1, -0.05) is 24.3 Å². The maximum absolute atomic E-state index is 6.50. The fraction of sp³-hybridized carbons (Fsp3) is 0.613. The highest BCUT2D eigenvalue weighted by Gasteiger charge is 2.27. The lowest BCUT2D eigenvalue weighted by atomic mass is 9.97. The standard InChI is InChI=1S/C31H46N2O2/c1-20(2)32-11-9-28(18-32)34-30-22(5)13-26(14-23(30)6)17-27-15-24(7)31(25(8)16-27)35-29-10-12-33(19-29)21(3)4/h13-16,20-21,28-29H,9-12,17-19H2,1-8H3. The number of ether oxygens (including phenoxy) is 2. The molecule has 2 aromatic rings. The second-order valence-electron chi connectivity index (χ2n) is 11.5. The Kier molecular flexibility index (Phi) is 8.12. The van der Waals surface area contributed by atoms with E-state index < -0.39 is 0 Å². The highest BCUT2D eigenvalue weighted by molar-refractivity contribution is 5.48.